The molecule has 644 valence electrons. The molecular weight excluding hydrogens is 1590 g/mol. The van der Waals surface area contributed by atoms with Gasteiger partial charge in [-0.3, -0.25) is 0 Å². The van der Waals surface area contributed by atoms with E-state index < -0.39 is 48.0 Å². The van der Waals surface area contributed by atoms with E-state index in [9.17, 15) is 0 Å². The number of fused-ring (bicyclic) bond motifs is 21. The van der Waals surface area contributed by atoms with Gasteiger partial charge in [0.15, 0.2) is 0 Å². The summed E-state index contributed by atoms with van der Waals surface area (Å²) in [5.41, 5.74) is 13.0. The Morgan fingerprint density at radius 3 is 1.10 bits per heavy atom. The molecule has 0 atom stereocenters. The number of benzene rings is 14. The van der Waals surface area contributed by atoms with Gasteiger partial charge < -0.3 is 17.7 Å². The first kappa shape index (κ1) is 66.4. The fraction of sp³-hybridized carbons (Fsp3) is 0.294. The SMILES string of the molecule is [2H]C([2H])([2H])c1c(C(C)(C)C)ccc2c1oc1ccccc12.[2H]C([2H])([2H])c1c(C(C)(C)C)ccc2sc3ccccc3c12.[2H]C([2H])([2H])c1cc2c(cc1C(C)(C)C)sc1ccccc12.[2H]C([2H])([2H])c1cc2oc3ccccc3c2cc1C(C)(C)C.[2H]C([2H])([2H])c1ccc2c(oc3ccccc32)c1C(C)(C)C.[2H]C([2H])([2H])c1ccc2oc3ccccc3c2c1C(C)(C)C.[2H]C([2H])([2H])c1ccc2sc3ccccc3c2c1C(C)(C)C. The van der Waals surface area contributed by atoms with Gasteiger partial charge >= 0.3 is 0 Å². The lowest BCUT2D eigenvalue weighted by molar-refractivity contribution is 0.569. The monoisotopic (exact) mass is 1740 g/mol. The quantitative estimate of drug-likeness (QED) is 0.152. The van der Waals surface area contributed by atoms with Crippen LogP contribution in [0.5, 0.6) is 0 Å². The molecule has 0 amide bonds. The Morgan fingerprint density at radius 2 is 0.563 bits per heavy atom. The van der Waals surface area contributed by atoms with Crippen LogP contribution in [0.4, 0.5) is 0 Å². The van der Waals surface area contributed by atoms with E-state index in [1.165, 1.54) is 9.40 Å². The van der Waals surface area contributed by atoms with Gasteiger partial charge in [-0.05, 0) is 243 Å². The molecule has 0 saturated carbocycles. The molecule has 21 aromatic rings. The lowest BCUT2D eigenvalue weighted by atomic mass is 9.81. The standard InChI is InChI=1S/4C17H18O.3C17H18S/c1-11-9-16-13(10-14(11)17(2,3)4)12-7-5-6-8-15(12)18-16;1-11-14(17(2,3)4)10-9-13-12-7-5-6-8-15(12)18-16(11)13;1-11-9-10-13-12-7-5-6-8-14(12)18-16(13)15(11)17(2,3)4;1-11-9-10-14-15(16(11)17(2,3)4)12-7-5-6-8-13(12)18-14;1-11-9-13-12-7-5-6-8-15(12)18-16(13)10-14(11)17(2,3)4;1-11-13(17(2,3)4)9-10-15-16(11)12-7-5-6-8-14(12)18-15;1-11-9-10-14-15(16(11)17(2,3)4)12-7-5-6-8-13(12)18-14/h7*5-10H,1-4H3/i7*1D3. The van der Waals surface area contributed by atoms with E-state index in [2.05, 4.69) is 105 Å². The molecule has 7 heterocycles. The van der Waals surface area contributed by atoms with Crippen LogP contribution in [-0.2, 0) is 37.9 Å². The Labute approximate surface area is 788 Å². The Hall–Kier alpha value is -11.1. The average molecular weight is 1740 g/mol. The van der Waals surface area contributed by atoms with Crippen LogP contribution < -0.4 is 0 Å². The molecule has 0 aliphatic heterocycles. The number of para-hydroxylation sites is 4. The molecule has 4 nitrogen and oxygen atoms in total. The molecule has 0 aliphatic carbocycles. The van der Waals surface area contributed by atoms with Crippen LogP contribution in [-0.4, -0.2) is 0 Å². The summed E-state index contributed by atoms with van der Waals surface area (Å²) < 4.78 is 196. The molecule has 0 spiro atoms. The minimum absolute atomic E-state index is 0.186. The summed E-state index contributed by atoms with van der Waals surface area (Å²) in [6.45, 7) is 28.1. The third-order valence-corrected chi connectivity index (χ3v) is 26.6. The molecule has 14 aromatic carbocycles. The first-order valence-corrected chi connectivity index (χ1v) is 45.5. The van der Waals surface area contributed by atoms with Crippen LogP contribution in [0.3, 0.4) is 0 Å². The maximum atomic E-state index is 8.03. The van der Waals surface area contributed by atoms with Gasteiger partial charge in [0.25, 0.3) is 0 Å². The van der Waals surface area contributed by atoms with Crippen molar-refractivity contribution in [2.75, 3.05) is 0 Å². The highest BCUT2D eigenvalue weighted by Gasteiger charge is 2.29. The summed E-state index contributed by atoms with van der Waals surface area (Å²) in [6.07, 6.45) is 0. The predicted octanol–water partition coefficient (Wildman–Crippen LogP) is 37.7. The largest absolute Gasteiger partial charge is 0.456 e. The van der Waals surface area contributed by atoms with Gasteiger partial charge in [-0.15, -0.1) is 34.0 Å². The smallest absolute Gasteiger partial charge is 0.139 e. The van der Waals surface area contributed by atoms with Gasteiger partial charge in [0.2, 0.25) is 0 Å². The van der Waals surface area contributed by atoms with Gasteiger partial charge in [-0.25, -0.2) is 0 Å². The van der Waals surface area contributed by atoms with Crippen molar-refractivity contribution < 1.29 is 46.5 Å². The second kappa shape index (κ2) is 34.3. The average Bonchev–Trinajstić information content (AvgIpc) is 1.63. The van der Waals surface area contributed by atoms with Crippen molar-refractivity contribution in [2.45, 2.75) is 231 Å². The third-order valence-electron chi connectivity index (χ3n) is 23.2. The zero-order valence-corrected chi connectivity index (χ0v) is 78.6. The van der Waals surface area contributed by atoms with Gasteiger partial charge in [0, 0.05) is 138 Å². The molecule has 0 saturated heterocycles. The van der Waals surface area contributed by atoms with Crippen molar-refractivity contribution in [3.63, 3.8) is 0 Å². The zero-order valence-electron chi connectivity index (χ0n) is 97.1. The maximum absolute atomic E-state index is 8.03. The van der Waals surface area contributed by atoms with E-state index in [-0.39, 0.29) is 37.9 Å². The minimum Gasteiger partial charge on any atom is -0.456 e. The fourth-order valence-electron chi connectivity index (χ4n) is 17.4. The molecule has 7 heteroatoms. The molecule has 0 unspecified atom stereocenters. The van der Waals surface area contributed by atoms with Crippen molar-refractivity contribution in [3.8, 4) is 0 Å². The molecular formula is C119H126O4S3. The molecule has 0 bridgehead atoms. The van der Waals surface area contributed by atoms with Crippen molar-refractivity contribution in [1.29, 1.82) is 0 Å². The maximum Gasteiger partial charge on any atom is 0.139 e. The summed E-state index contributed by atoms with van der Waals surface area (Å²) in [4.78, 5) is 0. The van der Waals surface area contributed by atoms with Crippen LogP contribution in [0.15, 0.2) is 272 Å². The summed E-state index contributed by atoms with van der Waals surface area (Å²) >= 11 is 5.12. The summed E-state index contributed by atoms with van der Waals surface area (Å²) in [5, 5.41) is 14.1. The highest BCUT2D eigenvalue weighted by molar-refractivity contribution is 7.26. The Morgan fingerprint density at radius 1 is 0.198 bits per heavy atom. The molecule has 0 N–H and O–H groups in total. The molecule has 21 rings (SSSR count). The molecule has 0 aliphatic rings. The number of furan rings is 4. The van der Waals surface area contributed by atoms with Gasteiger partial charge in [0.1, 0.15) is 44.7 Å². The number of hydrogen-bond donors (Lipinski definition) is 0. The van der Waals surface area contributed by atoms with Gasteiger partial charge in [-0.2, -0.15) is 0 Å². The topological polar surface area (TPSA) is 52.6 Å². The first-order valence-electron chi connectivity index (χ1n) is 53.5. The summed E-state index contributed by atoms with van der Waals surface area (Å²) in [5.74, 6) is 0. The van der Waals surface area contributed by atoms with Gasteiger partial charge in [-0.1, -0.05) is 315 Å². The third kappa shape index (κ3) is 17.9. The lowest BCUT2D eigenvalue weighted by Crippen LogP contribution is -2.13. The number of rotatable bonds is 0. The van der Waals surface area contributed by atoms with Crippen LogP contribution in [0.1, 0.15) is 252 Å². The second-order valence-electron chi connectivity index (χ2n) is 40.0. The van der Waals surface area contributed by atoms with Crippen LogP contribution in [0.2, 0.25) is 0 Å². The molecule has 126 heavy (non-hydrogen) atoms. The number of aryl methyl sites for hydroxylation is 7. The first-order chi connectivity index (χ1) is 67.8. The van der Waals surface area contributed by atoms with E-state index >= 15 is 0 Å². The highest BCUT2D eigenvalue weighted by Crippen LogP contribution is 2.47. The number of thiophene rings is 3. The van der Waals surface area contributed by atoms with E-state index in [1.807, 2.05) is 265 Å². The summed E-state index contributed by atoms with van der Waals surface area (Å²) in [6, 6.07) is 81.8. The Kier molecular flexibility index (Phi) is 18.1. The van der Waals surface area contributed by atoms with Gasteiger partial charge in [0.05, 0.1) is 0 Å². The Bertz CT molecular complexity index is 7820. The van der Waals surface area contributed by atoms with Crippen LogP contribution in [0.25, 0.3) is 148 Å². The van der Waals surface area contributed by atoms with E-state index in [0.717, 1.165) is 161 Å². The van der Waals surface area contributed by atoms with E-state index in [4.69, 9.17) is 46.5 Å². The predicted molar refractivity (Wildman–Crippen MR) is 557 cm³/mol. The van der Waals surface area contributed by atoms with Crippen molar-refractivity contribution in [2.24, 2.45) is 0 Å². The normalized spacial score (nSPS) is 15.6. The molecule has 0 radical (unpaired) electrons. The van der Waals surface area contributed by atoms with Crippen molar-refractivity contribution in [1.82, 2.24) is 0 Å². The molecule has 0 fully saturated rings. The second-order valence-corrected chi connectivity index (χ2v) is 43.3. The van der Waals surface area contributed by atoms with Crippen LogP contribution in [0, 0.1) is 48.0 Å². The Balaban J connectivity index is 0.000000129. The van der Waals surface area contributed by atoms with Crippen molar-refractivity contribution in [3.05, 3.63) is 333 Å². The van der Waals surface area contributed by atoms with Crippen LogP contribution >= 0.6 is 34.0 Å². The lowest BCUT2D eigenvalue weighted by Gasteiger charge is -2.23. The number of hydrogen-bond acceptors (Lipinski definition) is 7. The minimum atomic E-state index is -2.20. The van der Waals surface area contributed by atoms with E-state index in [0.29, 0.717) is 55.7 Å². The zero-order chi connectivity index (χ0) is 108. The molecule has 7 aromatic heterocycles. The van der Waals surface area contributed by atoms with Crippen molar-refractivity contribution >= 4 is 182 Å². The highest BCUT2D eigenvalue weighted by atomic mass is 32.1. The van der Waals surface area contributed by atoms with E-state index in [1.54, 1.807) is 64.3 Å². The fourth-order valence-corrected chi connectivity index (χ4v) is 20.7. The summed E-state index contributed by atoms with van der Waals surface area (Å²) in [7, 11) is 0.